The topological polar surface area (TPSA) is 35.9 Å². The van der Waals surface area contributed by atoms with Gasteiger partial charge < -0.3 is 4.90 Å². The van der Waals surface area contributed by atoms with E-state index in [9.17, 15) is 4.79 Å². The third kappa shape index (κ3) is 4.06. The number of carbonyl (C=O) groups excluding carboxylic acids is 1. The maximum atomic E-state index is 13.4. The van der Waals surface area contributed by atoms with Crippen molar-refractivity contribution in [3.63, 3.8) is 0 Å². The molecule has 0 bridgehead atoms. The molecule has 4 nitrogen and oxygen atoms in total. The summed E-state index contributed by atoms with van der Waals surface area (Å²) in [5, 5.41) is 2.43. The second kappa shape index (κ2) is 8.86. The SMILES string of the molecule is CCCCN1C(=O)/C(=C2/Sc3ccc(Cl)cc3N2CC)SC1=Nc1ccccc1. The quantitative estimate of drug-likeness (QED) is 0.494. The molecular weight excluding hydrogens is 422 g/mol. The van der Waals surface area contributed by atoms with Crippen molar-refractivity contribution in [2.24, 2.45) is 4.99 Å². The second-order valence-electron chi connectivity index (χ2n) is 6.73. The maximum Gasteiger partial charge on any atom is 0.269 e. The van der Waals surface area contributed by atoms with E-state index in [4.69, 9.17) is 16.6 Å². The Kier molecular flexibility index (Phi) is 6.23. The van der Waals surface area contributed by atoms with Crippen LogP contribution < -0.4 is 4.90 Å². The van der Waals surface area contributed by atoms with Gasteiger partial charge in [-0.1, -0.05) is 54.9 Å². The smallest absolute Gasteiger partial charge is 0.269 e. The van der Waals surface area contributed by atoms with Gasteiger partial charge in [0.15, 0.2) is 5.17 Å². The fourth-order valence-electron chi connectivity index (χ4n) is 3.28. The monoisotopic (exact) mass is 443 g/mol. The van der Waals surface area contributed by atoms with E-state index < -0.39 is 0 Å². The van der Waals surface area contributed by atoms with Crippen LogP contribution in [0.15, 0.2) is 68.4 Å². The Morgan fingerprint density at radius 2 is 1.83 bits per heavy atom. The van der Waals surface area contributed by atoms with E-state index in [0.717, 1.165) is 50.8 Å². The molecule has 0 radical (unpaired) electrons. The molecule has 0 spiro atoms. The minimum Gasteiger partial charge on any atom is -0.334 e. The molecule has 0 saturated carbocycles. The zero-order valence-electron chi connectivity index (χ0n) is 16.4. The summed E-state index contributed by atoms with van der Waals surface area (Å²) >= 11 is 9.33. The highest BCUT2D eigenvalue weighted by molar-refractivity contribution is 8.19. The van der Waals surface area contributed by atoms with Crippen molar-refractivity contribution in [3.8, 4) is 0 Å². The molecule has 0 N–H and O–H groups in total. The van der Waals surface area contributed by atoms with Crippen LogP contribution in [-0.4, -0.2) is 29.1 Å². The Morgan fingerprint density at radius 1 is 1.03 bits per heavy atom. The lowest BCUT2D eigenvalue weighted by Gasteiger charge is -2.19. The van der Waals surface area contributed by atoms with Crippen LogP contribution in [0.4, 0.5) is 11.4 Å². The van der Waals surface area contributed by atoms with Gasteiger partial charge >= 0.3 is 0 Å². The molecule has 2 aromatic rings. The molecule has 0 atom stereocenters. The maximum absolute atomic E-state index is 13.4. The number of hydrogen-bond acceptors (Lipinski definition) is 5. The summed E-state index contributed by atoms with van der Waals surface area (Å²) in [6.07, 6.45) is 1.97. The van der Waals surface area contributed by atoms with Gasteiger partial charge in [-0.15, -0.1) is 0 Å². The number of carbonyl (C=O) groups is 1. The number of para-hydroxylation sites is 1. The number of thioether (sulfide) groups is 2. The summed E-state index contributed by atoms with van der Waals surface area (Å²) in [4.78, 5) is 24.0. The molecule has 0 aliphatic carbocycles. The first-order valence-corrected chi connectivity index (χ1v) is 11.8. The molecule has 2 aromatic carbocycles. The summed E-state index contributed by atoms with van der Waals surface area (Å²) in [6, 6.07) is 15.7. The molecule has 2 aliphatic heterocycles. The number of aliphatic imine (C=N–C) groups is 1. The first kappa shape index (κ1) is 20.4. The van der Waals surface area contributed by atoms with Crippen LogP contribution in [0.2, 0.25) is 5.02 Å². The number of benzene rings is 2. The summed E-state index contributed by atoms with van der Waals surface area (Å²) < 4.78 is 0. The number of amidine groups is 1. The van der Waals surface area contributed by atoms with E-state index in [1.807, 2.05) is 53.4 Å². The van der Waals surface area contributed by atoms with Crippen LogP contribution in [0.1, 0.15) is 26.7 Å². The van der Waals surface area contributed by atoms with Crippen molar-refractivity contribution < 1.29 is 4.79 Å². The normalized spacial score (nSPS) is 20.1. The molecule has 2 heterocycles. The van der Waals surface area contributed by atoms with Gasteiger partial charge in [-0.25, -0.2) is 4.99 Å². The fourth-order valence-corrected chi connectivity index (χ4v) is 5.85. The lowest BCUT2D eigenvalue weighted by Crippen LogP contribution is -2.30. The Labute approximate surface area is 185 Å². The Balaban J connectivity index is 1.74. The third-order valence-corrected chi connectivity index (χ3v) is 7.37. The molecule has 7 heteroatoms. The van der Waals surface area contributed by atoms with Crippen LogP contribution in [0, 0.1) is 0 Å². The van der Waals surface area contributed by atoms with Crippen molar-refractivity contribution in [2.45, 2.75) is 31.6 Å². The van der Waals surface area contributed by atoms with Gasteiger partial charge in [-0.2, -0.15) is 0 Å². The summed E-state index contributed by atoms with van der Waals surface area (Å²) in [5.41, 5.74) is 1.92. The summed E-state index contributed by atoms with van der Waals surface area (Å²) in [7, 11) is 0. The van der Waals surface area contributed by atoms with Crippen molar-refractivity contribution in [2.75, 3.05) is 18.0 Å². The first-order valence-electron chi connectivity index (χ1n) is 9.75. The molecule has 1 saturated heterocycles. The van der Waals surface area contributed by atoms with Gasteiger partial charge in [0.2, 0.25) is 0 Å². The van der Waals surface area contributed by atoms with E-state index in [0.29, 0.717) is 11.6 Å². The van der Waals surface area contributed by atoms with E-state index in [1.54, 1.807) is 11.8 Å². The van der Waals surface area contributed by atoms with Gasteiger partial charge in [0, 0.05) is 23.0 Å². The highest BCUT2D eigenvalue weighted by atomic mass is 35.5. The molecule has 1 amide bonds. The highest BCUT2D eigenvalue weighted by Crippen LogP contribution is 2.51. The van der Waals surface area contributed by atoms with E-state index in [-0.39, 0.29) is 5.91 Å². The van der Waals surface area contributed by atoms with E-state index in [1.165, 1.54) is 11.8 Å². The van der Waals surface area contributed by atoms with Gasteiger partial charge in [0.1, 0.15) is 9.93 Å². The number of hydrogen-bond donors (Lipinski definition) is 0. The van der Waals surface area contributed by atoms with Crippen molar-refractivity contribution in [1.29, 1.82) is 0 Å². The average molecular weight is 444 g/mol. The number of rotatable bonds is 5. The minimum absolute atomic E-state index is 0.0398. The summed E-state index contributed by atoms with van der Waals surface area (Å²) in [6.45, 7) is 5.68. The Bertz CT molecular complexity index is 991. The summed E-state index contributed by atoms with van der Waals surface area (Å²) in [5.74, 6) is 0.0398. The standard InChI is InChI=1S/C22H22ClN3OS2/c1-3-5-13-26-20(27)19(29-22(26)24-16-9-7-6-8-10-16)21-25(4-2)17-14-15(23)11-12-18(17)28-21/h6-12,14H,3-5,13H2,1-2H3/b21-19-,24-22?. The number of unbranched alkanes of at least 4 members (excludes halogenated alkanes) is 1. The van der Waals surface area contributed by atoms with Gasteiger partial charge in [0.05, 0.1) is 11.4 Å². The second-order valence-corrected chi connectivity index (χ2v) is 9.18. The molecular formula is C22H22ClN3OS2. The van der Waals surface area contributed by atoms with Crippen LogP contribution in [0.3, 0.4) is 0 Å². The number of amides is 1. The number of fused-ring (bicyclic) bond motifs is 1. The van der Waals surface area contributed by atoms with Crippen molar-refractivity contribution in [3.05, 3.63) is 63.5 Å². The number of nitrogens with zero attached hydrogens (tertiary/aromatic N) is 3. The van der Waals surface area contributed by atoms with Crippen LogP contribution >= 0.6 is 35.1 Å². The molecule has 150 valence electrons. The molecule has 0 unspecified atom stereocenters. The van der Waals surface area contributed by atoms with E-state index >= 15 is 0 Å². The Morgan fingerprint density at radius 3 is 2.55 bits per heavy atom. The lowest BCUT2D eigenvalue weighted by atomic mass is 10.3. The molecule has 0 aromatic heterocycles. The van der Waals surface area contributed by atoms with Gasteiger partial charge in [-0.3, -0.25) is 9.69 Å². The number of halogens is 1. The van der Waals surface area contributed by atoms with Gasteiger partial charge in [0.25, 0.3) is 5.91 Å². The highest BCUT2D eigenvalue weighted by Gasteiger charge is 2.39. The first-order chi connectivity index (χ1) is 14.1. The van der Waals surface area contributed by atoms with Crippen LogP contribution in [-0.2, 0) is 4.79 Å². The lowest BCUT2D eigenvalue weighted by molar-refractivity contribution is -0.122. The predicted octanol–water partition coefficient (Wildman–Crippen LogP) is 6.50. The van der Waals surface area contributed by atoms with Gasteiger partial charge in [-0.05, 0) is 55.4 Å². The number of anilines is 1. The zero-order valence-corrected chi connectivity index (χ0v) is 18.8. The molecule has 1 fully saturated rings. The zero-order chi connectivity index (χ0) is 20.4. The molecule has 29 heavy (non-hydrogen) atoms. The fraction of sp³-hybridized carbons (Fsp3) is 0.273. The van der Waals surface area contributed by atoms with Crippen molar-refractivity contribution in [1.82, 2.24) is 4.90 Å². The van der Waals surface area contributed by atoms with Crippen molar-refractivity contribution >= 4 is 57.6 Å². The largest absolute Gasteiger partial charge is 0.334 e. The van der Waals surface area contributed by atoms with Crippen LogP contribution in [0.5, 0.6) is 0 Å². The Hall–Kier alpha value is -1.89. The van der Waals surface area contributed by atoms with E-state index in [2.05, 4.69) is 18.7 Å². The predicted molar refractivity (Wildman–Crippen MR) is 125 cm³/mol. The average Bonchev–Trinajstić information content (AvgIpc) is 3.23. The third-order valence-electron chi connectivity index (χ3n) is 4.75. The minimum atomic E-state index is 0.0398. The molecule has 4 rings (SSSR count). The molecule has 2 aliphatic rings. The van der Waals surface area contributed by atoms with Crippen LogP contribution in [0.25, 0.3) is 0 Å².